The Morgan fingerprint density at radius 2 is 1.11 bits per heavy atom. The molecule has 8 aromatic rings. The van der Waals surface area contributed by atoms with E-state index in [1.807, 2.05) is 12.1 Å². The Hall–Kier alpha value is -4.43. The number of rotatable bonds is 2. The maximum atomic E-state index is 6.28. The molecule has 2 heteroatoms. The van der Waals surface area contributed by atoms with Crippen molar-refractivity contribution in [2.24, 2.45) is 0 Å². The second-order valence-corrected chi connectivity index (χ2v) is 9.36. The van der Waals surface area contributed by atoms with Gasteiger partial charge in [-0.2, -0.15) is 0 Å². The molecule has 35 heavy (non-hydrogen) atoms. The van der Waals surface area contributed by atoms with Gasteiger partial charge in [0.1, 0.15) is 0 Å². The van der Waals surface area contributed by atoms with Crippen molar-refractivity contribution in [3.05, 3.63) is 115 Å². The van der Waals surface area contributed by atoms with Crippen molar-refractivity contribution in [3.8, 4) is 22.3 Å². The third-order valence-electron chi connectivity index (χ3n) is 7.42. The van der Waals surface area contributed by atoms with Crippen LogP contribution in [0, 0.1) is 0 Å². The van der Waals surface area contributed by atoms with Crippen LogP contribution in [0.3, 0.4) is 0 Å². The molecule has 1 aromatic heterocycles. The van der Waals surface area contributed by atoms with Crippen LogP contribution in [0.15, 0.2) is 120 Å². The summed E-state index contributed by atoms with van der Waals surface area (Å²) >= 11 is 0. The van der Waals surface area contributed by atoms with Crippen molar-refractivity contribution in [1.82, 2.24) is 0 Å². The minimum absolute atomic E-state index is 0.916. The summed E-state index contributed by atoms with van der Waals surface area (Å²) in [5.74, 6) is 0. The fourth-order valence-corrected chi connectivity index (χ4v) is 5.74. The molecule has 0 unspecified atom stereocenters. The summed E-state index contributed by atoms with van der Waals surface area (Å²) in [4.78, 5) is 0. The zero-order valence-electron chi connectivity index (χ0n) is 19.0. The molecule has 0 aliphatic rings. The van der Waals surface area contributed by atoms with E-state index >= 15 is 0 Å². The molecular weight excluding hydrogens is 423 g/mol. The Morgan fingerprint density at radius 3 is 1.91 bits per heavy atom. The summed E-state index contributed by atoms with van der Waals surface area (Å²) < 4.78 is 6.28. The van der Waals surface area contributed by atoms with Gasteiger partial charge < -0.3 is 0 Å². The van der Waals surface area contributed by atoms with Gasteiger partial charge in [-0.1, -0.05) is 6.07 Å². The molecule has 0 aliphatic heterocycles. The molecule has 160 valence electrons. The van der Waals surface area contributed by atoms with Crippen molar-refractivity contribution in [1.29, 1.82) is 0 Å². The average Bonchev–Trinajstić information content (AvgIpc) is 3.35. The van der Waals surface area contributed by atoms with Crippen LogP contribution < -0.4 is 0 Å². The summed E-state index contributed by atoms with van der Waals surface area (Å²) in [6.45, 7) is 2.15. The van der Waals surface area contributed by atoms with Gasteiger partial charge in [-0.15, -0.1) is 0 Å². The molecule has 0 fully saturated rings. The molecule has 0 spiro atoms. The van der Waals surface area contributed by atoms with Crippen molar-refractivity contribution >= 4 is 60.9 Å². The minimum atomic E-state index is 0.916. The first-order chi connectivity index (χ1) is 17.3. The van der Waals surface area contributed by atoms with Gasteiger partial charge in [-0.05, 0) is 0 Å². The summed E-state index contributed by atoms with van der Waals surface area (Å²) in [7, 11) is 0. The van der Waals surface area contributed by atoms with Gasteiger partial charge in [0, 0.05) is 0 Å². The predicted octanol–water partition coefficient (Wildman–Crippen LogP) is 9.16. The molecule has 1 nitrogen and oxygen atoms in total. The molecule has 0 saturated heterocycles. The molecule has 0 radical (unpaired) electrons. The molecule has 0 aliphatic carbocycles. The van der Waals surface area contributed by atoms with Gasteiger partial charge in [0.25, 0.3) is 0 Å². The number of hydrogen-bond donors (Lipinski definition) is 0. The van der Waals surface area contributed by atoms with E-state index in [2.05, 4.69) is 110 Å². The van der Waals surface area contributed by atoms with Crippen LogP contribution in [-0.2, 0) is 0 Å². The second kappa shape index (κ2) is 7.04. The van der Waals surface area contributed by atoms with E-state index in [0.717, 1.165) is 22.1 Å². The Bertz CT molecular complexity index is 2030. The van der Waals surface area contributed by atoms with Gasteiger partial charge >= 0.3 is 197 Å². The summed E-state index contributed by atoms with van der Waals surface area (Å²) in [6, 6.07) is 41.6. The molecule has 0 atom stereocenters. The van der Waals surface area contributed by atoms with Crippen LogP contribution in [0.25, 0.3) is 76.3 Å². The van der Waals surface area contributed by atoms with E-state index in [1.54, 1.807) is 0 Å². The van der Waals surface area contributed by atoms with Gasteiger partial charge in [0.2, 0.25) is 0 Å². The van der Waals surface area contributed by atoms with Gasteiger partial charge in [-0.25, -0.2) is 0 Å². The van der Waals surface area contributed by atoms with E-state index in [-0.39, 0.29) is 0 Å². The Labute approximate surface area is 202 Å². The fourth-order valence-electron chi connectivity index (χ4n) is 5.74. The van der Waals surface area contributed by atoms with E-state index in [0.29, 0.717) is 0 Å². The third kappa shape index (κ3) is 2.74. The predicted molar refractivity (Wildman–Crippen MR) is 150 cm³/mol. The molecular formula is C33H19BO. The van der Waals surface area contributed by atoms with Crippen molar-refractivity contribution in [3.63, 3.8) is 0 Å². The van der Waals surface area contributed by atoms with Crippen molar-refractivity contribution < 1.29 is 4.42 Å². The fraction of sp³-hybridized carbons (Fsp3) is 0. The van der Waals surface area contributed by atoms with Crippen LogP contribution in [0.5, 0.6) is 0 Å². The summed E-state index contributed by atoms with van der Waals surface area (Å²) in [5, 5.41) is 11.3. The SMILES string of the molecule is b1c(-c2ccc3ccc4c(-c5ccc6ccccc6c5)ccc5ccc2c3c54)oc2ccccc12. The standard InChI is InChI=1S/C33H19BO/c1-2-6-23-19-24(10-9-20(23)5-1)25-15-11-21-13-17-27-28(33-34-29-7-3-4-8-30(29)35-33)18-14-22-12-16-26(25)31(21)32(22)27/h1-19H. The number of benzene rings is 7. The number of para-hydroxylation sites is 1. The summed E-state index contributed by atoms with van der Waals surface area (Å²) in [5.41, 5.74) is 5.50. The molecule has 0 bridgehead atoms. The molecule has 0 amide bonds. The van der Waals surface area contributed by atoms with Crippen LogP contribution in [0.2, 0.25) is 0 Å². The second-order valence-electron chi connectivity index (χ2n) is 9.36. The third-order valence-corrected chi connectivity index (χ3v) is 7.42. The van der Waals surface area contributed by atoms with Crippen LogP contribution in [0.4, 0.5) is 0 Å². The first-order valence-corrected chi connectivity index (χ1v) is 12.0. The Balaban J connectivity index is 1.43. The summed E-state index contributed by atoms with van der Waals surface area (Å²) in [6.07, 6.45) is 0. The van der Waals surface area contributed by atoms with E-state index in [9.17, 15) is 0 Å². The zero-order valence-corrected chi connectivity index (χ0v) is 19.0. The van der Waals surface area contributed by atoms with Gasteiger partial charge in [-0.3, -0.25) is 0 Å². The van der Waals surface area contributed by atoms with Crippen LogP contribution >= 0.6 is 0 Å². The number of fused-ring (bicyclic) bond motifs is 2. The Kier molecular flexibility index (Phi) is 3.81. The quantitative estimate of drug-likeness (QED) is 0.243. The Morgan fingerprint density at radius 1 is 0.486 bits per heavy atom. The van der Waals surface area contributed by atoms with Crippen LogP contribution in [0.1, 0.15) is 0 Å². The molecule has 0 saturated carbocycles. The topological polar surface area (TPSA) is 13.1 Å². The van der Waals surface area contributed by atoms with E-state index < -0.39 is 0 Å². The zero-order chi connectivity index (χ0) is 22.9. The van der Waals surface area contributed by atoms with E-state index in [4.69, 9.17) is 4.42 Å². The van der Waals surface area contributed by atoms with E-state index in [1.165, 1.54) is 54.2 Å². The monoisotopic (exact) mass is 442 g/mol. The van der Waals surface area contributed by atoms with Gasteiger partial charge in [0.15, 0.2) is 0 Å². The first-order valence-electron chi connectivity index (χ1n) is 12.0. The molecule has 0 N–H and O–H groups in total. The maximum absolute atomic E-state index is 6.28. The molecule has 8 rings (SSSR count). The van der Waals surface area contributed by atoms with Crippen molar-refractivity contribution in [2.45, 2.75) is 0 Å². The molecule has 7 aromatic carbocycles. The number of hydrogen-bond acceptors (Lipinski definition) is 1. The first kappa shape index (κ1) is 18.9. The van der Waals surface area contributed by atoms with Crippen molar-refractivity contribution in [2.75, 3.05) is 0 Å². The van der Waals surface area contributed by atoms with Crippen LogP contribution in [-0.4, -0.2) is 6.91 Å². The molecule has 1 heterocycles. The van der Waals surface area contributed by atoms with Gasteiger partial charge in [0.05, 0.1) is 0 Å². The average molecular weight is 442 g/mol. The normalized spacial score (nSPS) is 11.9.